The van der Waals surface area contributed by atoms with E-state index >= 15 is 0 Å². The highest BCUT2D eigenvalue weighted by atomic mass is 32.1. The Morgan fingerprint density at radius 3 is 3.27 bits per heavy atom. The Hall–Kier alpha value is -0.870. The van der Waals surface area contributed by atoms with Crippen LogP contribution in [-0.2, 0) is 16.1 Å². The third-order valence-corrected chi connectivity index (χ3v) is 3.64. The zero-order valence-corrected chi connectivity index (χ0v) is 9.63. The first-order chi connectivity index (χ1) is 7.31. The normalized spacial score (nSPS) is 21.8. The Morgan fingerprint density at radius 2 is 2.60 bits per heavy atom. The first-order valence-electron chi connectivity index (χ1n) is 5.15. The number of methoxy groups -OCH3 is 1. The fourth-order valence-corrected chi connectivity index (χ4v) is 2.75. The predicted molar refractivity (Wildman–Crippen MR) is 59.8 cm³/mol. The molecular formula is C11H15NO2S. The molecule has 1 aromatic rings. The molecule has 3 nitrogen and oxygen atoms in total. The van der Waals surface area contributed by atoms with Gasteiger partial charge in [-0.2, -0.15) is 0 Å². The standard InChI is InChI=1S/C11H15NO2S/c1-14-11(13)10-5-2-6-12(10)8-9-4-3-7-15-9/h3-4,7,10H,2,5-6,8H2,1H3/t10-/m1/s1. The van der Waals surface area contributed by atoms with Crippen molar-refractivity contribution in [2.45, 2.75) is 25.4 Å². The predicted octanol–water partition coefficient (Wildman–Crippen LogP) is 1.89. The van der Waals surface area contributed by atoms with Crippen LogP contribution >= 0.6 is 11.3 Å². The van der Waals surface area contributed by atoms with E-state index in [2.05, 4.69) is 16.3 Å². The first kappa shape index (κ1) is 10.6. The van der Waals surface area contributed by atoms with Gasteiger partial charge in [0.25, 0.3) is 0 Å². The molecule has 1 saturated heterocycles. The average molecular weight is 225 g/mol. The highest BCUT2D eigenvalue weighted by Gasteiger charge is 2.31. The Labute approximate surface area is 93.7 Å². The largest absolute Gasteiger partial charge is 0.468 e. The lowest BCUT2D eigenvalue weighted by Crippen LogP contribution is -2.36. The van der Waals surface area contributed by atoms with Crippen LogP contribution in [0, 0.1) is 0 Å². The van der Waals surface area contributed by atoms with Crippen molar-refractivity contribution in [3.8, 4) is 0 Å². The number of hydrogen-bond acceptors (Lipinski definition) is 4. The second-order valence-electron chi connectivity index (χ2n) is 3.73. The molecule has 0 radical (unpaired) electrons. The van der Waals surface area contributed by atoms with E-state index in [0.29, 0.717) is 0 Å². The summed E-state index contributed by atoms with van der Waals surface area (Å²) in [5, 5.41) is 2.07. The SMILES string of the molecule is COC(=O)[C@H]1CCCN1Cc1cccs1. The molecule has 2 heterocycles. The number of likely N-dealkylation sites (tertiary alicyclic amines) is 1. The summed E-state index contributed by atoms with van der Waals surface area (Å²) in [6.07, 6.45) is 2.02. The van der Waals surface area contributed by atoms with Crippen LogP contribution in [0.5, 0.6) is 0 Å². The summed E-state index contributed by atoms with van der Waals surface area (Å²) in [4.78, 5) is 15.0. The molecule has 0 aliphatic carbocycles. The lowest BCUT2D eigenvalue weighted by atomic mass is 10.2. The molecule has 15 heavy (non-hydrogen) atoms. The molecule has 0 bridgehead atoms. The fourth-order valence-electron chi connectivity index (χ4n) is 2.02. The summed E-state index contributed by atoms with van der Waals surface area (Å²) in [6, 6.07) is 4.12. The number of esters is 1. The highest BCUT2D eigenvalue weighted by molar-refractivity contribution is 7.09. The lowest BCUT2D eigenvalue weighted by molar-refractivity contribution is -0.146. The van der Waals surface area contributed by atoms with Crippen molar-refractivity contribution in [3.05, 3.63) is 22.4 Å². The third-order valence-electron chi connectivity index (χ3n) is 2.78. The van der Waals surface area contributed by atoms with Crippen molar-refractivity contribution < 1.29 is 9.53 Å². The van der Waals surface area contributed by atoms with Crippen LogP contribution in [0.1, 0.15) is 17.7 Å². The summed E-state index contributed by atoms with van der Waals surface area (Å²) in [5.74, 6) is -0.0935. The molecule has 1 aliphatic rings. The van der Waals surface area contributed by atoms with Gasteiger partial charge in [0.15, 0.2) is 0 Å². The van der Waals surface area contributed by atoms with E-state index in [1.54, 1.807) is 11.3 Å². The van der Waals surface area contributed by atoms with Crippen LogP contribution in [0.25, 0.3) is 0 Å². The number of carbonyl (C=O) groups excluding carboxylic acids is 1. The maximum absolute atomic E-state index is 11.5. The van der Waals surface area contributed by atoms with Gasteiger partial charge < -0.3 is 4.74 Å². The molecule has 0 N–H and O–H groups in total. The highest BCUT2D eigenvalue weighted by Crippen LogP contribution is 2.22. The number of ether oxygens (including phenoxy) is 1. The van der Waals surface area contributed by atoms with Crippen LogP contribution in [0.15, 0.2) is 17.5 Å². The van der Waals surface area contributed by atoms with E-state index in [9.17, 15) is 4.79 Å². The number of rotatable bonds is 3. The summed E-state index contributed by atoms with van der Waals surface area (Å²) >= 11 is 1.74. The Bertz CT molecular complexity index is 323. The Kier molecular flexibility index (Phi) is 3.38. The molecule has 1 aliphatic heterocycles. The van der Waals surface area contributed by atoms with E-state index in [1.165, 1.54) is 12.0 Å². The molecule has 1 atom stereocenters. The van der Waals surface area contributed by atoms with Crippen LogP contribution in [0.3, 0.4) is 0 Å². The Balaban J connectivity index is 1.99. The number of thiophene rings is 1. The molecule has 4 heteroatoms. The second-order valence-corrected chi connectivity index (χ2v) is 4.76. The molecule has 0 spiro atoms. The smallest absolute Gasteiger partial charge is 0.323 e. The maximum Gasteiger partial charge on any atom is 0.323 e. The van der Waals surface area contributed by atoms with Crippen LogP contribution in [-0.4, -0.2) is 30.6 Å². The van der Waals surface area contributed by atoms with Gasteiger partial charge >= 0.3 is 5.97 Å². The first-order valence-corrected chi connectivity index (χ1v) is 6.03. The number of carbonyl (C=O) groups is 1. The third kappa shape index (κ3) is 2.38. The minimum absolute atomic E-state index is 0.0305. The molecule has 0 amide bonds. The van der Waals surface area contributed by atoms with Gasteiger partial charge in [-0.1, -0.05) is 6.07 Å². The minimum atomic E-state index is -0.0935. The molecule has 1 aromatic heterocycles. The molecule has 82 valence electrons. The van der Waals surface area contributed by atoms with Crippen molar-refractivity contribution in [1.82, 2.24) is 4.90 Å². The maximum atomic E-state index is 11.5. The molecule has 1 fully saturated rings. The van der Waals surface area contributed by atoms with Crippen LogP contribution in [0.4, 0.5) is 0 Å². The van der Waals surface area contributed by atoms with Crippen LogP contribution in [0.2, 0.25) is 0 Å². The molecule has 0 aromatic carbocycles. The lowest BCUT2D eigenvalue weighted by Gasteiger charge is -2.21. The molecule has 0 unspecified atom stereocenters. The summed E-state index contributed by atoms with van der Waals surface area (Å²) in [6.45, 7) is 1.87. The number of hydrogen-bond donors (Lipinski definition) is 0. The van der Waals surface area contributed by atoms with Gasteiger partial charge in [0.05, 0.1) is 7.11 Å². The average Bonchev–Trinajstić information content (AvgIpc) is 2.88. The monoisotopic (exact) mass is 225 g/mol. The van der Waals surface area contributed by atoms with Gasteiger partial charge in [0, 0.05) is 11.4 Å². The molecular weight excluding hydrogens is 210 g/mol. The molecule has 0 saturated carbocycles. The van der Waals surface area contributed by atoms with E-state index in [4.69, 9.17) is 4.74 Å². The van der Waals surface area contributed by atoms with Gasteiger partial charge in [-0.25, -0.2) is 0 Å². The second kappa shape index (κ2) is 4.77. The van der Waals surface area contributed by atoms with E-state index in [0.717, 1.165) is 25.9 Å². The van der Waals surface area contributed by atoms with Crippen molar-refractivity contribution in [3.63, 3.8) is 0 Å². The fraction of sp³-hybridized carbons (Fsp3) is 0.545. The van der Waals surface area contributed by atoms with E-state index in [-0.39, 0.29) is 12.0 Å². The van der Waals surface area contributed by atoms with Gasteiger partial charge in [-0.15, -0.1) is 11.3 Å². The van der Waals surface area contributed by atoms with Gasteiger partial charge in [0.2, 0.25) is 0 Å². The summed E-state index contributed by atoms with van der Waals surface area (Å²) in [5.41, 5.74) is 0. The Morgan fingerprint density at radius 1 is 1.73 bits per heavy atom. The van der Waals surface area contributed by atoms with E-state index < -0.39 is 0 Å². The minimum Gasteiger partial charge on any atom is -0.468 e. The van der Waals surface area contributed by atoms with Crippen molar-refractivity contribution in [2.24, 2.45) is 0 Å². The summed E-state index contributed by atoms with van der Waals surface area (Å²) in [7, 11) is 1.46. The van der Waals surface area contributed by atoms with Gasteiger partial charge in [-0.3, -0.25) is 9.69 Å². The van der Waals surface area contributed by atoms with E-state index in [1.807, 2.05) is 6.07 Å². The quantitative estimate of drug-likeness (QED) is 0.736. The van der Waals surface area contributed by atoms with Crippen molar-refractivity contribution in [1.29, 1.82) is 0 Å². The van der Waals surface area contributed by atoms with Crippen molar-refractivity contribution >= 4 is 17.3 Å². The van der Waals surface area contributed by atoms with Gasteiger partial charge in [0.1, 0.15) is 6.04 Å². The zero-order chi connectivity index (χ0) is 10.7. The number of nitrogens with zero attached hydrogens (tertiary/aromatic N) is 1. The summed E-state index contributed by atoms with van der Waals surface area (Å²) < 4.78 is 4.81. The molecule has 2 rings (SSSR count). The zero-order valence-electron chi connectivity index (χ0n) is 8.81. The van der Waals surface area contributed by atoms with Gasteiger partial charge in [-0.05, 0) is 30.8 Å². The van der Waals surface area contributed by atoms with Crippen molar-refractivity contribution in [2.75, 3.05) is 13.7 Å². The topological polar surface area (TPSA) is 29.5 Å². The van der Waals surface area contributed by atoms with Crippen LogP contribution < -0.4 is 0 Å².